The Morgan fingerprint density at radius 2 is 1.70 bits per heavy atom. The van der Waals surface area contributed by atoms with Crippen molar-refractivity contribution in [2.45, 2.75) is 0 Å². The Bertz CT molecular complexity index is 1070. The van der Waals surface area contributed by atoms with Crippen LogP contribution in [0.2, 0.25) is 0 Å². The van der Waals surface area contributed by atoms with Crippen LogP contribution in [-0.2, 0) is 14.1 Å². The summed E-state index contributed by atoms with van der Waals surface area (Å²) < 4.78 is 7.71. The zero-order valence-corrected chi connectivity index (χ0v) is 12.6. The maximum Gasteiger partial charge on any atom is 0.333 e. The molecule has 1 heterocycles. The van der Waals surface area contributed by atoms with Crippen LogP contribution in [0.4, 0.5) is 0 Å². The van der Waals surface area contributed by atoms with E-state index in [1.807, 2.05) is 36.4 Å². The van der Waals surface area contributed by atoms with Gasteiger partial charge in [-0.2, -0.15) is 5.26 Å². The number of aromatic nitrogens is 2. The zero-order valence-electron chi connectivity index (χ0n) is 12.6. The topological polar surface area (TPSA) is 77.0 Å². The van der Waals surface area contributed by atoms with Gasteiger partial charge in [-0.25, -0.2) is 4.79 Å². The van der Waals surface area contributed by atoms with Crippen molar-refractivity contribution in [2.75, 3.05) is 0 Å². The first-order valence-corrected chi connectivity index (χ1v) is 6.89. The van der Waals surface area contributed by atoms with E-state index in [-0.39, 0.29) is 11.4 Å². The predicted molar refractivity (Wildman–Crippen MR) is 85.7 cm³/mol. The molecule has 0 aliphatic carbocycles. The summed E-state index contributed by atoms with van der Waals surface area (Å²) in [6.07, 6.45) is 0. The third kappa shape index (κ3) is 2.38. The number of rotatable bonds is 2. The standard InChI is InChI=1S/C17H13N3O3/c1-19-15(21)14(10-18)16(20(2)17(19)22)23-13-8-7-11-5-3-4-6-12(11)9-13/h3-9H,1-2H3. The Morgan fingerprint density at radius 3 is 2.39 bits per heavy atom. The molecule has 0 unspecified atom stereocenters. The van der Waals surface area contributed by atoms with Crippen LogP contribution >= 0.6 is 0 Å². The number of nitrogens with zero attached hydrogens (tertiary/aromatic N) is 3. The molecular weight excluding hydrogens is 294 g/mol. The Hall–Kier alpha value is -3.33. The lowest BCUT2D eigenvalue weighted by Gasteiger charge is -2.13. The molecule has 0 amide bonds. The normalized spacial score (nSPS) is 10.5. The van der Waals surface area contributed by atoms with Gasteiger partial charge in [-0.3, -0.25) is 13.9 Å². The first kappa shape index (κ1) is 14.6. The molecule has 114 valence electrons. The molecule has 0 N–H and O–H groups in total. The number of hydrogen-bond acceptors (Lipinski definition) is 4. The van der Waals surface area contributed by atoms with Crippen LogP contribution < -0.4 is 16.0 Å². The Kier molecular flexibility index (Phi) is 3.47. The molecule has 1 aromatic heterocycles. The highest BCUT2D eigenvalue weighted by molar-refractivity contribution is 5.83. The molecule has 0 spiro atoms. The summed E-state index contributed by atoms with van der Waals surface area (Å²) in [7, 11) is 2.78. The van der Waals surface area contributed by atoms with Gasteiger partial charge in [0.1, 0.15) is 11.8 Å². The highest BCUT2D eigenvalue weighted by Gasteiger charge is 2.17. The quantitative estimate of drug-likeness (QED) is 0.724. The number of nitriles is 1. The molecule has 0 atom stereocenters. The molecule has 0 saturated carbocycles. The van der Waals surface area contributed by atoms with E-state index in [0.717, 1.165) is 19.9 Å². The van der Waals surface area contributed by atoms with Gasteiger partial charge >= 0.3 is 5.69 Å². The average molecular weight is 307 g/mol. The molecule has 3 aromatic rings. The van der Waals surface area contributed by atoms with Crippen molar-refractivity contribution in [3.63, 3.8) is 0 Å². The van der Waals surface area contributed by atoms with Gasteiger partial charge < -0.3 is 4.74 Å². The molecule has 23 heavy (non-hydrogen) atoms. The van der Waals surface area contributed by atoms with E-state index < -0.39 is 11.2 Å². The highest BCUT2D eigenvalue weighted by atomic mass is 16.5. The van der Waals surface area contributed by atoms with Crippen molar-refractivity contribution in [2.24, 2.45) is 14.1 Å². The fourth-order valence-electron chi connectivity index (χ4n) is 2.38. The van der Waals surface area contributed by atoms with Crippen LogP contribution in [0, 0.1) is 11.3 Å². The smallest absolute Gasteiger partial charge is 0.333 e. The summed E-state index contributed by atoms with van der Waals surface area (Å²) in [5.41, 5.74) is -1.43. The molecule has 3 rings (SSSR count). The van der Waals surface area contributed by atoms with E-state index in [2.05, 4.69) is 0 Å². The molecule has 6 heteroatoms. The lowest BCUT2D eigenvalue weighted by molar-refractivity contribution is 0.422. The van der Waals surface area contributed by atoms with Gasteiger partial charge in [0, 0.05) is 14.1 Å². The fourth-order valence-corrected chi connectivity index (χ4v) is 2.38. The predicted octanol–water partition coefficient (Wildman–Crippen LogP) is 1.90. The van der Waals surface area contributed by atoms with E-state index in [0.29, 0.717) is 5.75 Å². The SMILES string of the molecule is Cn1c(Oc2ccc3ccccc3c2)c(C#N)c(=O)n(C)c1=O. The Morgan fingerprint density at radius 1 is 1.00 bits per heavy atom. The molecule has 6 nitrogen and oxygen atoms in total. The van der Waals surface area contributed by atoms with Crippen molar-refractivity contribution in [1.82, 2.24) is 9.13 Å². The first-order chi connectivity index (χ1) is 11.0. The maximum absolute atomic E-state index is 12.0. The van der Waals surface area contributed by atoms with Crippen molar-refractivity contribution < 1.29 is 4.74 Å². The van der Waals surface area contributed by atoms with Gasteiger partial charge in [0.05, 0.1) is 0 Å². The lowest BCUT2D eigenvalue weighted by Crippen LogP contribution is -2.38. The Labute approximate surface area is 131 Å². The summed E-state index contributed by atoms with van der Waals surface area (Å²) in [5, 5.41) is 11.2. The minimum absolute atomic E-state index is 0.0594. The van der Waals surface area contributed by atoms with Gasteiger partial charge in [-0.05, 0) is 22.9 Å². The van der Waals surface area contributed by atoms with E-state index in [1.165, 1.54) is 14.1 Å². The van der Waals surface area contributed by atoms with Crippen LogP contribution in [0.3, 0.4) is 0 Å². The second-order valence-corrected chi connectivity index (χ2v) is 5.11. The zero-order chi connectivity index (χ0) is 16.6. The molecule has 0 bridgehead atoms. The number of ether oxygens (including phenoxy) is 1. The summed E-state index contributed by atoms with van der Waals surface area (Å²) in [6, 6.07) is 14.9. The summed E-state index contributed by atoms with van der Waals surface area (Å²) in [4.78, 5) is 24.1. The van der Waals surface area contributed by atoms with Crippen molar-refractivity contribution >= 4 is 10.8 Å². The monoisotopic (exact) mass is 307 g/mol. The second-order valence-electron chi connectivity index (χ2n) is 5.11. The van der Waals surface area contributed by atoms with E-state index >= 15 is 0 Å². The summed E-state index contributed by atoms with van der Waals surface area (Å²) in [6.45, 7) is 0. The second kappa shape index (κ2) is 5.46. The minimum Gasteiger partial charge on any atom is -0.439 e. The largest absolute Gasteiger partial charge is 0.439 e. The average Bonchev–Trinajstić information content (AvgIpc) is 2.58. The van der Waals surface area contributed by atoms with Crippen LogP contribution in [0.15, 0.2) is 52.1 Å². The fraction of sp³-hybridized carbons (Fsp3) is 0.118. The van der Waals surface area contributed by atoms with Crippen molar-refractivity contribution in [3.05, 3.63) is 68.9 Å². The Balaban J connectivity index is 2.17. The van der Waals surface area contributed by atoms with Gasteiger partial charge in [0.25, 0.3) is 5.56 Å². The van der Waals surface area contributed by atoms with E-state index in [9.17, 15) is 14.9 Å². The van der Waals surface area contributed by atoms with Crippen LogP contribution in [-0.4, -0.2) is 9.13 Å². The third-order valence-electron chi connectivity index (χ3n) is 3.66. The molecule has 0 saturated heterocycles. The van der Waals surface area contributed by atoms with Crippen LogP contribution in [0.1, 0.15) is 5.56 Å². The first-order valence-electron chi connectivity index (χ1n) is 6.89. The van der Waals surface area contributed by atoms with Crippen LogP contribution in [0.25, 0.3) is 10.8 Å². The maximum atomic E-state index is 12.0. The van der Waals surface area contributed by atoms with Crippen LogP contribution in [0.5, 0.6) is 11.6 Å². The van der Waals surface area contributed by atoms with Gasteiger partial charge in [-0.15, -0.1) is 0 Å². The summed E-state index contributed by atoms with van der Waals surface area (Å²) in [5.74, 6) is 0.388. The summed E-state index contributed by atoms with van der Waals surface area (Å²) >= 11 is 0. The third-order valence-corrected chi connectivity index (χ3v) is 3.66. The molecule has 0 fully saturated rings. The highest BCUT2D eigenvalue weighted by Crippen LogP contribution is 2.25. The van der Waals surface area contributed by atoms with Gasteiger partial charge in [-0.1, -0.05) is 30.3 Å². The van der Waals surface area contributed by atoms with Gasteiger partial charge in [0.2, 0.25) is 5.88 Å². The van der Waals surface area contributed by atoms with Gasteiger partial charge in [0.15, 0.2) is 5.56 Å². The lowest BCUT2D eigenvalue weighted by atomic mass is 10.1. The van der Waals surface area contributed by atoms with Crippen molar-refractivity contribution in [3.8, 4) is 17.7 Å². The van der Waals surface area contributed by atoms with E-state index in [4.69, 9.17) is 4.74 Å². The molecular formula is C17H13N3O3. The minimum atomic E-state index is -0.675. The van der Waals surface area contributed by atoms with E-state index in [1.54, 1.807) is 12.1 Å². The molecule has 0 aliphatic rings. The number of hydrogen-bond donors (Lipinski definition) is 0. The molecule has 0 aliphatic heterocycles. The van der Waals surface area contributed by atoms with Crippen molar-refractivity contribution in [1.29, 1.82) is 5.26 Å². The number of fused-ring (bicyclic) bond motifs is 1. The molecule has 0 radical (unpaired) electrons. The number of benzene rings is 2. The molecule has 2 aromatic carbocycles.